The van der Waals surface area contributed by atoms with Crippen LogP contribution in [-0.2, 0) is 10.9 Å². The molecule has 3 N–H and O–H groups in total. The lowest BCUT2D eigenvalue weighted by atomic mass is 10.1. The molecule has 2 aromatic heterocycles. The fourth-order valence-electron chi connectivity index (χ4n) is 4.08. The van der Waals surface area contributed by atoms with Gasteiger partial charge in [0.25, 0.3) is 11.8 Å². The van der Waals surface area contributed by atoms with Crippen LogP contribution in [0.15, 0.2) is 55.0 Å². The topological polar surface area (TPSA) is 110 Å². The first kappa shape index (κ1) is 27.6. The van der Waals surface area contributed by atoms with Gasteiger partial charge in [-0.05, 0) is 62.2 Å². The summed E-state index contributed by atoms with van der Waals surface area (Å²) in [6.45, 7) is 5.84. The number of methoxy groups -OCH3 is 1. The summed E-state index contributed by atoms with van der Waals surface area (Å²) in [5.41, 5.74) is 2.43. The van der Waals surface area contributed by atoms with Crippen LogP contribution in [0.4, 0.5) is 30.4 Å². The van der Waals surface area contributed by atoms with Gasteiger partial charge in [-0.3, -0.25) is 9.59 Å². The maximum atomic E-state index is 13.1. The Morgan fingerprint density at radius 3 is 2.59 bits per heavy atom. The van der Waals surface area contributed by atoms with E-state index < -0.39 is 17.6 Å². The van der Waals surface area contributed by atoms with Gasteiger partial charge in [0.05, 0.1) is 17.7 Å². The standard InChI is InChI=1S/C27H27F3N6O3/c1-15-8-9-20(34-25(37)18-6-5-7-19(10-18)27(28,29)30)11-22(15)35-24-23-17(3)21(12-36(23)32-14-31-24)26(38)33-16(2)13-39-4/h5-12,14,16H,13H2,1-4H3,(H,33,38)(H,34,37)(H,31,32,35)/t16-/m0/s1. The fourth-order valence-corrected chi connectivity index (χ4v) is 4.08. The lowest BCUT2D eigenvalue weighted by Gasteiger charge is -2.14. The summed E-state index contributed by atoms with van der Waals surface area (Å²) in [6.07, 6.45) is -1.59. The quantitative estimate of drug-likeness (QED) is 0.286. The predicted molar refractivity (Wildman–Crippen MR) is 140 cm³/mol. The van der Waals surface area contributed by atoms with Crippen LogP contribution in [0.1, 0.15) is 44.3 Å². The molecule has 0 aliphatic rings. The maximum Gasteiger partial charge on any atom is 0.416 e. The number of carbonyl (C=O) groups excluding carboxylic acids is 2. The number of hydrogen-bond donors (Lipinski definition) is 3. The van der Waals surface area contributed by atoms with Gasteiger partial charge in [-0.1, -0.05) is 12.1 Å². The van der Waals surface area contributed by atoms with Gasteiger partial charge in [0.2, 0.25) is 0 Å². The van der Waals surface area contributed by atoms with Gasteiger partial charge >= 0.3 is 6.18 Å². The molecule has 2 aromatic carbocycles. The molecule has 0 bridgehead atoms. The number of hydrogen-bond acceptors (Lipinski definition) is 6. The average Bonchev–Trinajstić information content (AvgIpc) is 3.23. The number of aryl methyl sites for hydroxylation is 2. The first-order valence-corrected chi connectivity index (χ1v) is 12.0. The van der Waals surface area contributed by atoms with Crippen molar-refractivity contribution in [2.45, 2.75) is 33.0 Å². The lowest BCUT2D eigenvalue weighted by Crippen LogP contribution is -2.35. The SMILES string of the molecule is COC[C@H](C)NC(=O)c1cn2ncnc(Nc3cc(NC(=O)c4cccc(C(F)(F)F)c4)ccc3C)c2c1C. The van der Waals surface area contributed by atoms with E-state index in [1.54, 1.807) is 42.9 Å². The van der Waals surface area contributed by atoms with Gasteiger partial charge in [-0.2, -0.15) is 18.3 Å². The molecule has 0 aliphatic heterocycles. The highest BCUT2D eigenvalue weighted by Gasteiger charge is 2.31. The first-order chi connectivity index (χ1) is 18.5. The molecule has 204 valence electrons. The number of fused-ring (bicyclic) bond motifs is 1. The summed E-state index contributed by atoms with van der Waals surface area (Å²) in [6, 6.07) is 9.08. The molecule has 0 unspecified atom stereocenters. The van der Waals surface area contributed by atoms with Crippen LogP contribution in [0.5, 0.6) is 0 Å². The number of rotatable bonds is 8. The van der Waals surface area contributed by atoms with E-state index in [1.165, 1.54) is 18.5 Å². The van der Waals surface area contributed by atoms with Gasteiger partial charge in [-0.15, -0.1) is 0 Å². The van der Waals surface area contributed by atoms with Crippen molar-refractivity contribution >= 4 is 34.5 Å². The van der Waals surface area contributed by atoms with Crippen molar-refractivity contribution in [1.82, 2.24) is 19.9 Å². The monoisotopic (exact) mass is 540 g/mol. The van der Waals surface area contributed by atoms with Gasteiger partial charge < -0.3 is 20.7 Å². The van der Waals surface area contributed by atoms with E-state index in [4.69, 9.17) is 4.74 Å². The van der Waals surface area contributed by atoms with E-state index in [9.17, 15) is 22.8 Å². The average molecular weight is 541 g/mol. The largest absolute Gasteiger partial charge is 0.416 e. The molecule has 4 aromatic rings. The molecular formula is C27H27F3N6O3. The van der Waals surface area contributed by atoms with Crippen molar-refractivity contribution < 1.29 is 27.5 Å². The van der Waals surface area contributed by atoms with Crippen molar-refractivity contribution in [3.8, 4) is 0 Å². The zero-order valence-electron chi connectivity index (χ0n) is 21.7. The summed E-state index contributed by atoms with van der Waals surface area (Å²) in [5.74, 6) is -0.527. The van der Waals surface area contributed by atoms with E-state index in [1.807, 2.05) is 13.8 Å². The highest BCUT2D eigenvalue weighted by molar-refractivity contribution is 6.04. The molecule has 9 nitrogen and oxygen atoms in total. The summed E-state index contributed by atoms with van der Waals surface area (Å²) < 4.78 is 45.8. The molecule has 12 heteroatoms. The molecule has 4 rings (SSSR count). The second-order valence-corrected chi connectivity index (χ2v) is 9.09. The van der Waals surface area contributed by atoms with E-state index in [0.29, 0.717) is 40.4 Å². The minimum atomic E-state index is -4.56. The number of ether oxygens (including phenoxy) is 1. The summed E-state index contributed by atoms with van der Waals surface area (Å²) in [5, 5.41) is 13.0. The third-order valence-electron chi connectivity index (χ3n) is 6.07. The van der Waals surface area contributed by atoms with E-state index in [2.05, 4.69) is 26.0 Å². The highest BCUT2D eigenvalue weighted by atomic mass is 19.4. The Balaban J connectivity index is 1.59. The number of nitrogens with zero attached hydrogens (tertiary/aromatic N) is 3. The van der Waals surface area contributed by atoms with Crippen molar-refractivity contribution in [3.63, 3.8) is 0 Å². The zero-order valence-corrected chi connectivity index (χ0v) is 21.7. The fraction of sp³-hybridized carbons (Fsp3) is 0.259. The van der Waals surface area contributed by atoms with E-state index in [-0.39, 0.29) is 17.5 Å². The number of amides is 2. The molecule has 0 radical (unpaired) electrons. The van der Waals surface area contributed by atoms with Gasteiger partial charge in [0.15, 0.2) is 5.82 Å². The van der Waals surface area contributed by atoms with Crippen LogP contribution in [-0.4, -0.2) is 46.2 Å². The minimum Gasteiger partial charge on any atom is -0.383 e. The molecular weight excluding hydrogens is 513 g/mol. The summed E-state index contributed by atoms with van der Waals surface area (Å²) in [4.78, 5) is 29.9. The molecule has 39 heavy (non-hydrogen) atoms. The molecule has 0 spiro atoms. The van der Waals surface area contributed by atoms with Crippen molar-refractivity contribution in [2.75, 3.05) is 24.4 Å². The Kier molecular flexibility index (Phi) is 7.86. The molecule has 0 saturated carbocycles. The van der Waals surface area contributed by atoms with Crippen molar-refractivity contribution in [1.29, 1.82) is 0 Å². The van der Waals surface area contributed by atoms with Crippen LogP contribution in [0.2, 0.25) is 0 Å². The van der Waals surface area contributed by atoms with Crippen molar-refractivity contribution in [2.24, 2.45) is 0 Å². The molecule has 0 aliphatic carbocycles. The molecule has 0 saturated heterocycles. The predicted octanol–water partition coefficient (Wildman–Crippen LogP) is 5.13. The van der Waals surface area contributed by atoms with Gasteiger partial charge in [0.1, 0.15) is 11.8 Å². The number of aromatic nitrogens is 3. The normalized spacial score (nSPS) is 12.3. The molecule has 2 heterocycles. The summed E-state index contributed by atoms with van der Waals surface area (Å²) in [7, 11) is 1.56. The Hall–Kier alpha value is -4.45. The van der Waals surface area contributed by atoms with Crippen molar-refractivity contribution in [3.05, 3.63) is 82.8 Å². The van der Waals surface area contributed by atoms with Crippen LogP contribution in [0.25, 0.3) is 5.52 Å². The van der Waals surface area contributed by atoms with E-state index >= 15 is 0 Å². The Labute approximate surface area is 222 Å². The number of benzene rings is 2. The maximum absolute atomic E-state index is 13.1. The van der Waals surface area contributed by atoms with Crippen LogP contribution in [0.3, 0.4) is 0 Å². The van der Waals surface area contributed by atoms with Crippen LogP contribution < -0.4 is 16.0 Å². The van der Waals surface area contributed by atoms with E-state index in [0.717, 1.165) is 17.7 Å². The van der Waals surface area contributed by atoms with Gasteiger partial charge in [0, 0.05) is 36.3 Å². The Morgan fingerprint density at radius 2 is 1.87 bits per heavy atom. The second kappa shape index (κ2) is 11.1. The Bertz CT molecular complexity index is 1530. The smallest absolute Gasteiger partial charge is 0.383 e. The highest BCUT2D eigenvalue weighted by Crippen LogP contribution is 2.31. The Morgan fingerprint density at radius 1 is 1.10 bits per heavy atom. The number of anilines is 3. The summed E-state index contributed by atoms with van der Waals surface area (Å²) >= 11 is 0. The van der Waals surface area contributed by atoms with Gasteiger partial charge in [-0.25, -0.2) is 9.50 Å². The second-order valence-electron chi connectivity index (χ2n) is 9.09. The van der Waals surface area contributed by atoms with Crippen LogP contribution in [0, 0.1) is 13.8 Å². The number of carbonyl (C=O) groups is 2. The third kappa shape index (κ3) is 6.17. The molecule has 1 atom stereocenters. The third-order valence-corrected chi connectivity index (χ3v) is 6.07. The molecule has 2 amide bonds. The number of alkyl halides is 3. The number of halogens is 3. The van der Waals surface area contributed by atoms with Crippen LogP contribution >= 0.6 is 0 Å². The minimum absolute atomic E-state index is 0.119. The lowest BCUT2D eigenvalue weighted by molar-refractivity contribution is -0.137. The zero-order chi connectivity index (χ0) is 28.3. The first-order valence-electron chi connectivity index (χ1n) is 12.0. The molecule has 0 fully saturated rings. The number of nitrogens with one attached hydrogen (secondary N) is 3.